The number of allylic oxidation sites excluding steroid dienone is 2. The number of carbonyl (C=O) groups excluding carboxylic acids is 1. The smallest absolute Gasteiger partial charge is 0.393 e. The average molecular weight is 818 g/mol. The number of rotatable bonds is 37. The number of unbranched alkanes of at least 4 members (excludes halogenated alkanes) is 16. The highest BCUT2D eigenvalue weighted by molar-refractivity contribution is 7.47. The first kappa shape index (κ1) is 52.9. The summed E-state index contributed by atoms with van der Waals surface area (Å²) in [4.78, 5) is 23.2. The van der Waals surface area contributed by atoms with Gasteiger partial charge in [0.05, 0.1) is 58.7 Å². The van der Waals surface area contributed by atoms with E-state index in [1.165, 1.54) is 77.0 Å². The van der Waals surface area contributed by atoms with Crippen molar-refractivity contribution in [3.05, 3.63) is 24.3 Å². The molecule has 0 heterocycles. The van der Waals surface area contributed by atoms with Crippen LogP contribution in [0, 0.1) is 11.8 Å². The first-order valence-electron chi connectivity index (χ1n) is 22.4. The molecule has 0 aromatic rings. The van der Waals surface area contributed by atoms with Gasteiger partial charge in [-0.3, -0.25) is 13.8 Å². The van der Waals surface area contributed by atoms with E-state index in [-0.39, 0.29) is 44.0 Å². The number of phosphoric ester groups is 1. The molecule has 56 heavy (non-hydrogen) atoms. The van der Waals surface area contributed by atoms with Crippen molar-refractivity contribution >= 4 is 13.7 Å². The van der Waals surface area contributed by atoms with Crippen LogP contribution in [0.1, 0.15) is 162 Å². The molecule has 0 spiro atoms. The number of hydrogen-bond acceptors (Lipinski definition) is 8. The highest BCUT2D eigenvalue weighted by atomic mass is 31.2. The molecule has 7 atom stereocenters. The second kappa shape index (κ2) is 32.7. The van der Waals surface area contributed by atoms with Gasteiger partial charge in [-0.1, -0.05) is 141 Å². The van der Waals surface area contributed by atoms with Gasteiger partial charge in [-0.25, -0.2) is 4.57 Å². The van der Waals surface area contributed by atoms with Crippen molar-refractivity contribution in [1.29, 1.82) is 0 Å². The number of ether oxygens (including phenoxy) is 1. The zero-order valence-electron chi connectivity index (χ0n) is 36.3. The summed E-state index contributed by atoms with van der Waals surface area (Å²) in [7, 11) is 1.59. The molecule has 5 N–H and O–H groups in total. The summed E-state index contributed by atoms with van der Waals surface area (Å²) in [5.41, 5.74) is 0. The number of hydrogen-bond donors (Lipinski definition) is 5. The fourth-order valence-electron chi connectivity index (χ4n) is 7.12. The van der Waals surface area contributed by atoms with E-state index in [1.54, 1.807) is 6.08 Å². The summed E-state index contributed by atoms with van der Waals surface area (Å²) in [6.07, 6.45) is 30.1. The predicted octanol–water partition coefficient (Wildman–Crippen LogP) is 8.78. The van der Waals surface area contributed by atoms with Crippen LogP contribution in [0.5, 0.6) is 0 Å². The van der Waals surface area contributed by atoms with Crippen LogP contribution in [0.15, 0.2) is 24.3 Å². The molecular formula is C44H86N2O9P+. The minimum Gasteiger partial charge on any atom is -0.393 e. The molecule has 1 amide bonds. The lowest BCUT2D eigenvalue weighted by Gasteiger charge is -2.24. The van der Waals surface area contributed by atoms with Crippen LogP contribution < -0.4 is 5.32 Å². The minimum absolute atomic E-state index is 0.0668. The molecule has 1 saturated carbocycles. The van der Waals surface area contributed by atoms with Crippen molar-refractivity contribution in [1.82, 2.24) is 5.32 Å². The summed E-state index contributed by atoms with van der Waals surface area (Å²) in [6, 6.07) is -0.599. The monoisotopic (exact) mass is 818 g/mol. The highest BCUT2D eigenvalue weighted by Gasteiger charge is 2.39. The van der Waals surface area contributed by atoms with Gasteiger partial charge >= 0.3 is 7.82 Å². The number of likely N-dealkylation sites (N-methyl/N-ethyl adjacent to an activating group) is 1. The van der Waals surface area contributed by atoms with E-state index in [2.05, 4.69) is 19.2 Å². The van der Waals surface area contributed by atoms with Gasteiger partial charge in [0, 0.05) is 25.4 Å². The summed E-state index contributed by atoms with van der Waals surface area (Å²) in [5.74, 6) is -0.537. The van der Waals surface area contributed by atoms with Crippen LogP contribution in [-0.2, 0) is 23.1 Å². The maximum Gasteiger partial charge on any atom is 0.472 e. The molecule has 1 aliphatic carbocycles. The van der Waals surface area contributed by atoms with Crippen LogP contribution in [-0.4, -0.2) is 109 Å². The lowest BCUT2D eigenvalue weighted by atomic mass is 9.89. The maximum absolute atomic E-state index is 12.9. The van der Waals surface area contributed by atoms with Gasteiger partial charge in [-0.2, -0.15) is 0 Å². The van der Waals surface area contributed by atoms with Crippen molar-refractivity contribution in [3.63, 3.8) is 0 Å². The first-order valence-corrected chi connectivity index (χ1v) is 23.9. The first-order chi connectivity index (χ1) is 26.8. The number of nitrogens with one attached hydrogen (secondary N) is 1. The Morgan fingerprint density at radius 2 is 1.38 bits per heavy atom. The molecule has 330 valence electrons. The van der Waals surface area contributed by atoms with E-state index in [1.807, 2.05) is 39.4 Å². The fraction of sp³-hybridized carbons (Fsp3) is 0.886. The van der Waals surface area contributed by atoms with Gasteiger partial charge in [-0.05, 0) is 38.0 Å². The Morgan fingerprint density at radius 3 is 1.98 bits per heavy atom. The highest BCUT2D eigenvalue weighted by Crippen LogP contribution is 2.43. The maximum atomic E-state index is 12.9. The third-order valence-electron chi connectivity index (χ3n) is 10.7. The van der Waals surface area contributed by atoms with Gasteiger partial charge < -0.3 is 34.7 Å². The fourth-order valence-corrected chi connectivity index (χ4v) is 7.88. The molecule has 0 aromatic heterocycles. The second-order valence-electron chi connectivity index (χ2n) is 17.2. The Labute approximate surface area is 342 Å². The SMILES string of the molecule is CCCCCCCCCCCCCCCCOCC(COP(=O)(O)OCC[N+](C)(C)C)NC(=O)CCC/C=C\C[C@@H]1[C@@H](/C=C/[C@@H](O)CCCCC)[C@H](O)C[C@@H]1O. The zero-order valence-corrected chi connectivity index (χ0v) is 37.2. The van der Waals surface area contributed by atoms with Gasteiger partial charge in [0.15, 0.2) is 0 Å². The summed E-state index contributed by atoms with van der Waals surface area (Å²) in [6.45, 7) is 5.51. The number of phosphoric acid groups is 1. The van der Waals surface area contributed by atoms with Gasteiger partial charge in [-0.15, -0.1) is 0 Å². The molecule has 11 nitrogen and oxygen atoms in total. The largest absolute Gasteiger partial charge is 0.472 e. The number of amides is 1. The van der Waals surface area contributed by atoms with Crippen molar-refractivity contribution in [2.24, 2.45) is 11.8 Å². The van der Waals surface area contributed by atoms with Crippen LogP contribution in [0.4, 0.5) is 0 Å². The molecule has 1 rings (SSSR count). The topological polar surface area (TPSA) is 155 Å². The molecule has 0 bridgehead atoms. The van der Waals surface area contributed by atoms with Crippen molar-refractivity contribution in [2.75, 3.05) is 54.1 Å². The van der Waals surface area contributed by atoms with E-state index in [0.717, 1.165) is 32.1 Å². The van der Waals surface area contributed by atoms with Gasteiger partial charge in [0.2, 0.25) is 5.91 Å². The van der Waals surface area contributed by atoms with Crippen LogP contribution >= 0.6 is 7.82 Å². The number of quaternary nitrogens is 1. The third-order valence-corrected chi connectivity index (χ3v) is 11.7. The molecule has 1 aliphatic rings. The van der Waals surface area contributed by atoms with E-state index < -0.39 is 32.2 Å². The quantitative estimate of drug-likeness (QED) is 0.0179. The van der Waals surface area contributed by atoms with Crippen molar-refractivity contribution in [2.45, 2.75) is 186 Å². The van der Waals surface area contributed by atoms with E-state index >= 15 is 0 Å². The number of aliphatic hydroxyl groups is 3. The Morgan fingerprint density at radius 1 is 0.786 bits per heavy atom. The number of carbonyl (C=O) groups is 1. The molecule has 12 heteroatoms. The van der Waals surface area contributed by atoms with E-state index in [0.29, 0.717) is 49.7 Å². The molecule has 0 aromatic carbocycles. The number of nitrogens with zero attached hydrogens (tertiary/aromatic N) is 1. The van der Waals surface area contributed by atoms with Gasteiger partial charge in [0.25, 0.3) is 0 Å². The van der Waals surface area contributed by atoms with E-state index in [4.69, 9.17) is 13.8 Å². The second-order valence-corrected chi connectivity index (χ2v) is 18.7. The lowest BCUT2D eigenvalue weighted by molar-refractivity contribution is -0.870. The van der Waals surface area contributed by atoms with Crippen LogP contribution in [0.3, 0.4) is 0 Å². The third kappa shape index (κ3) is 29.1. The molecular weight excluding hydrogens is 731 g/mol. The molecule has 0 radical (unpaired) electrons. The summed E-state index contributed by atoms with van der Waals surface area (Å²) >= 11 is 0. The molecule has 1 fully saturated rings. The molecule has 2 unspecified atom stereocenters. The Balaban J connectivity index is 2.46. The van der Waals surface area contributed by atoms with E-state index in [9.17, 15) is 29.6 Å². The normalized spacial score (nSPS) is 21.2. The lowest BCUT2D eigenvalue weighted by Crippen LogP contribution is -2.41. The van der Waals surface area contributed by atoms with Crippen LogP contribution in [0.2, 0.25) is 0 Å². The molecule has 0 saturated heterocycles. The number of aliphatic hydroxyl groups excluding tert-OH is 3. The summed E-state index contributed by atoms with van der Waals surface area (Å²) in [5, 5.41) is 34.3. The Hall–Kier alpha value is -1.14. The van der Waals surface area contributed by atoms with Crippen molar-refractivity contribution < 1.29 is 47.8 Å². The Kier molecular flexibility index (Phi) is 30.9. The minimum atomic E-state index is -4.30. The zero-order chi connectivity index (χ0) is 41.5. The standard InChI is InChI=1S/C44H85N2O9P/c1-6-8-10-11-12-13-14-15-16-17-18-19-22-26-33-53-36-38(37-55-56(51,52)54-34-32-46(3,4)5)45-44(50)29-25-21-20-24-28-40-41(43(49)35-42(40)48)31-30-39(47)27-23-9-7-2/h20,24,30-31,38-43,47-49H,6-19,21-23,25-29,32-37H2,1-5H3,(H-,45,50,51,52)/p+1/b24-20-,31-30+/t38?,39-,40+,41+,42-,43+/m0/s1. The van der Waals surface area contributed by atoms with Crippen molar-refractivity contribution in [3.8, 4) is 0 Å². The summed E-state index contributed by atoms with van der Waals surface area (Å²) < 4.78 is 29.5. The van der Waals surface area contributed by atoms with Gasteiger partial charge in [0.1, 0.15) is 13.2 Å². The predicted molar refractivity (Wildman–Crippen MR) is 228 cm³/mol. The van der Waals surface area contributed by atoms with Crippen LogP contribution in [0.25, 0.3) is 0 Å². The molecule has 0 aliphatic heterocycles. The Bertz CT molecular complexity index is 1070. The average Bonchev–Trinajstić information content (AvgIpc) is 3.40.